The van der Waals surface area contributed by atoms with Gasteiger partial charge < -0.3 is 15.4 Å². The number of rotatable bonds is 5. The first-order chi connectivity index (χ1) is 13.0. The van der Waals surface area contributed by atoms with Gasteiger partial charge in [-0.3, -0.25) is 4.68 Å². The van der Waals surface area contributed by atoms with E-state index in [1.54, 1.807) is 30.1 Å². The summed E-state index contributed by atoms with van der Waals surface area (Å²) >= 11 is 14.8. The van der Waals surface area contributed by atoms with Gasteiger partial charge in [0.1, 0.15) is 11.6 Å². The van der Waals surface area contributed by atoms with Crippen LogP contribution in [0.3, 0.4) is 0 Å². The summed E-state index contributed by atoms with van der Waals surface area (Å²) in [4.78, 5) is 0. The van der Waals surface area contributed by atoms with Gasteiger partial charge in [0.05, 0.1) is 18.1 Å². The molecule has 3 aromatic rings. The summed E-state index contributed by atoms with van der Waals surface area (Å²) in [5, 5.41) is 11.2. The summed E-state index contributed by atoms with van der Waals surface area (Å²) in [5.41, 5.74) is 1.18. The van der Waals surface area contributed by atoms with E-state index in [-0.39, 0.29) is 12.4 Å². The number of nitrogens with zero attached hydrogens (tertiary/aromatic N) is 2. The Bertz CT molecular complexity index is 944. The molecular weight excluding hydrogens is 455 g/mol. The van der Waals surface area contributed by atoms with Gasteiger partial charge in [0.15, 0.2) is 10.9 Å². The Morgan fingerprint density at radius 3 is 2.67 bits per heavy atom. The highest BCUT2D eigenvalue weighted by Crippen LogP contribution is 2.24. The molecule has 0 fully saturated rings. The lowest BCUT2D eigenvalue weighted by Crippen LogP contribution is -2.19. The van der Waals surface area contributed by atoms with Crippen LogP contribution in [-0.2, 0) is 6.54 Å². The van der Waals surface area contributed by atoms with Crippen LogP contribution in [0.2, 0.25) is 5.02 Å². The molecule has 0 atom stereocenters. The van der Waals surface area contributed by atoms with Crippen molar-refractivity contribution in [2.24, 2.45) is 0 Å². The fourth-order valence-corrected chi connectivity index (χ4v) is 3.20. The Hall–Kier alpha value is -2.16. The molecule has 2 N–H and O–H groups in total. The molecule has 3 rings (SSSR count). The first-order valence-electron chi connectivity index (χ1n) is 7.84. The molecule has 0 aliphatic heterocycles. The molecular formula is C18H15BrClFN4OS. The zero-order valence-electron chi connectivity index (χ0n) is 14.2. The second-order valence-corrected chi connectivity index (χ2v) is 7.20. The molecule has 1 aromatic heterocycles. The average Bonchev–Trinajstić information content (AvgIpc) is 2.98. The van der Waals surface area contributed by atoms with Gasteiger partial charge in [-0.15, -0.1) is 0 Å². The monoisotopic (exact) mass is 468 g/mol. The topological polar surface area (TPSA) is 51.1 Å². The SMILES string of the molecule is COc1ccc(NC(=S)Nc2nn(Cc3c(F)cccc3Cl)cc2Br)cc1. The summed E-state index contributed by atoms with van der Waals surface area (Å²) < 4.78 is 21.3. The normalized spacial score (nSPS) is 10.5. The molecule has 0 amide bonds. The van der Waals surface area contributed by atoms with Crippen molar-refractivity contribution in [3.05, 3.63) is 69.5 Å². The van der Waals surface area contributed by atoms with Crippen LogP contribution in [0.1, 0.15) is 5.56 Å². The van der Waals surface area contributed by atoms with Crippen LogP contribution in [0.25, 0.3) is 0 Å². The predicted molar refractivity (Wildman–Crippen MR) is 113 cm³/mol. The van der Waals surface area contributed by atoms with Gasteiger partial charge in [-0.25, -0.2) is 4.39 Å². The molecule has 0 aliphatic carbocycles. The lowest BCUT2D eigenvalue weighted by molar-refractivity contribution is 0.415. The van der Waals surface area contributed by atoms with E-state index in [2.05, 4.69) is 31.7 Å². The summed E-state index contributed by atoms with van der Waals surface area (Å²) in [7, 11) is 1.61. The zero-order valence-corrected chi connectivity index (χ0v) is 17.3. The lowest BCUT2D eigenvalue weighted by atomic mass is 10.2. The van der Waals surface area contributed by atoms with Crippen molar-refractivity contribution in [3.8, 4) is 5.75 Å². The number of anilines is 2. The number of nitrogens with one attached hydrogen (secondary N) is 2. The van der Waals surface area contributed by atoms with Crippen LogP contribution in [0, 0.1) is 5.82 Å². The summed E-state index contributed by atoms with van der Waals surface area (Å²) in [5.74, 6) is 0.890. The molecule has 0 aliphatic rings. The van der Waals surface area contributed by atoms with Crippen LogP contribution >= 0.6 is 39.7 Å². The second kappa shape index (κ2) is 8.69. The maximum Gasteiger partial charge on any atom is 0.176 e. The van der Waals surface area contributed by atoms with E-state index in [0.29, 0.717) is 26.0 Å². The highest BCUT2D eigenvalue weighted by Gasteiger charge is 2.12. The van der Waals surface area contributed by atoms with Crippen LogP contribution in [0.15, 0.2) is 53.1 Å². The summed E-state index contributed by atoms with van der Waals surface area (Å²) in [6, 6.07) is 11.9. The fourth-order valence-electron chi connectivity index (χ4n) is 2.35. The van der Waals surface area contributed by atoms with Crippen LogP contribution in [0.5, 0.6) is 5.75 Å². The van der Waals surface area contributed by atoms with Gasteiger partial charge in [-0.1, -0.05) is 17.7 Å². The standard InChI is InChI=1S/C18H15BrClFN4OS/c1-26-12-7-5-11(6-8-12)22-18(27)23-17-14(19)10-25(24-17)9-13-15(20)3-2-4-16(13)21/h2-8,10H,9H2,1H3,(H2,22,23,24,27). The Balaban J connectivity index is 1.68. The summed E-state index contributed by atoms with van der Waals surface area (Å²) in [6.07, 6.45) is 1.72. The highest BCUT2D eigenvalue weighted by atomic mass is 79.9. The molecule has 0 spiro atoms. The van der Waals surface area contributed by atoms with Crippen LogP contribution in [0.4, 0.5) is 15.9 Å². The van der Waals surface area contributed by atoms with Crippen molar-refractivity contribution in [2.75, 3.05) is 17.7 Å². The molecule has 0 radical (unpaired) electrons. The Kier molecular flexibility index (Phi) is 6.30. The number of thiocarbonyl (C=S) groups is 1. The van der Waals surface area contributed by atoms with Gasteiger partial charge in [0.2, 0.25) is 0 Å². The predicted octanol–water partition coefficient (Wildman–Crippen LogP) is 5.30. The molecule has 0 bridgehead atoms. The third kappa shape index (κ3) is 4.97. The Labute approximate surface area is 174 Å². The van der Waals surface area contributed by atoms with Crippen molar-refractivity contribution in [1.29, 1.82) is 0 Å². The second-order valence-electron chi connectivity index (χ2n) is 5.53. The number of hydrogen-bond acceptors (Lipinski definition) is 3. The van der Waals surface area contributed by atoms with E-state index in [4.69, 9.17) is 28.6 Å². The number of aromatic nitrogens is 2. The maximum atomic E-state index is 14.0. The van der Waals surface area contributed by atoms with E-state index >= 15 is 0 Å². The minimum atomic E-state index is -0.375. The average molecular weight is 470 g/mol. The number of methoxy groups -OCH3 is 1. The molecule has 140 valence electrons. The number of hydrogen-bond donors (Lipinski definition) is 2. The van der Waals surface area contributed by atoms with Gasteiger partial charge >= 0.3 is 0 Å². The fraction of sp³-hybridized carbons (Fsp3) is 0.111. The molecule has 5 nitrogen and oxygen atoms in total. The van der Waals surface area contributed by atoms with Gasteiger partial charge in [-0.05, 0) is 64.5 Å². The molecule has 27 heavy (non-hydrogen) atoms. The quantitative estimate of drug-likeness (QED) is 0.496. The molecule has 2 aromatic carbocycles. The minimum absolute atomic E-state index is 0.199. The van der Waals surface area contributed by atoms with E-state index in [0.717, 1.165) is 11.4 Å². The van der Waals surface area contributed by atoms with Crippen molar-refractivity contribution < 1.29 is 9.13 Å². The van der Waals surface area contributed by atoms with Crippen molar-refractivity contribution in [1.82, 2.24) is 9.78 Å². The largest absolute Gasteiger partial charge is 0.497 e. The van der Waals surface area contributed by atoms with E-state index in [1.807, 2.05) is 24.3 Å². The third-order valence-corrected chi connectivity index (χ3v) is 4.82. The Morgan fingerprint density at radius 2 is 2.00 bits per heavy atom. The van der Waals surface area contributed by atoms with Crippen molar-refractivity contribution >= 4 is 56.4 Å². The van der Waals surface area contributed by atoms with Crippen LogP contribution < -0.4 is 15.4 Å². The van der Waals surface area contributed by atoms with Gasteiger partial charge in [-0.2, -0.15) is 5.10 Å². The minimum Gasteiger partial charge on any atom is -0.497 e. The zero-order chi connectivity index (χ0) is 19.4. The lowest BCUT2D eigenvalue weighted by Gasteiger charge is -2.10. The number of halogens is 3. The van der Waals surface area contributed by atoms with Gasteiger partial charge in [0, 0.05) is 22.5 Å². The van der Waals surface area contributed by atoms with E-state index < -0.39 is 0 Å². The van der Waals surface area contributed by atoms with Crippen LogP contribution in [-0.4, -0.2) is 22.0 Å². The molecule has 0 saturated heterocycles. The molecule has 0 saturated carbocycles. The summed E-state index contributed by atoms with van der Waals surface area (Å²) in [6.45, 7) is 0.199. The molecule has 0 unspecified atom stereocenters. The first kappa shape index (κ1) is 19.6. The van der Waals surface area contributed by atoms with Crippen molar-refractivity contribution in [3.63, 3.8) is 0 Å². The molecule has 1 heterocycles. The number of benzene rings is 2. The smallest absolute Gasteiger partial charge is 0.176 e. The first-order valence-corrected chi connectivity index (χ1v) is 9.42. The molecule has 9 heteroatoms. The number of ether oxygens (including phenoxy) is 1. The maximum absolute atomic E-state index is 14.0. The Morgan fingerprint density at radius 1 is 1.26 bits per heavy atom. The van der Waals surface area contributed by atoms with Gasteiger partial charge in [0.25, 0.3) is 0 Å². The van der Waals surface area contributed by atoms with Crippen molar-refractivity contribution in [2.45, 2.75) is 6.54 Å². The van der Waals surface area contributed by atoms with E-state index in [1.165, 1.54) is 6.07 Å². The van der Waals surface area contributed by atoms with E-state index in [9.17, 15) is 4.39 Å². The highest BCUT2D eigenvalue weighted by molar-refractivity contribution is 9.10. The third-order valence-electron chi connectivity index (χ3n) is 3.68.